The number of hydrogen-bond acceptors (Lipinski definition) is 4. The van der Waals surface area contributed by atoms with Gasteiger partial charge in [0.1, 0.15) is 0 Å². The molecule has 134 valence electrons. The Balaban J connectivity index is 1.69. The maximum Gasteiger partial charge on any atom is 0.260 e. The zero-order valence-corrected chi connectivity index (χ0v) is 15.8. The van der Waals surface area contributed by atoms with Crippen LogP contribution in [-0.4, -0.2) is 31.4 Å². The fourth-order valence-corrected chi connectivity index (χ4v) is 3.15. The Kier molecular flexibility index (Phi) is 7.67. The largest absolute Gasteiger partial charge is 0.493 e. The summed E-state index contributed by atoms with van der Waals surface area (Å²) in [5.41, 5.74) is 2.58. The molecule has 2 aromatic carbocycles. The molecule has 4 nitrogen and oxygen atoms in total. The summed E-state index contributed by atoms with van der Waals surface area (Å²) in [6, 6.07) is 15.8. The maximum absolute atomic E-state index is 12.1. The summed E-state index contributed by atoms with van der Waals surface area (Å²) in [6.07, 6.45) is -0.571. The Bertz CT molecular complexity index is 690. The molecule has 0 unspecified atom stereocenters. The molecule has 0 heterocycles. The summed E-state index contributed by atoms with van der Waals surface area (Å²) in [5.74, 6) is 2.88. The highest BCUT2D eigenvalue weighted by atomic mass is 32.2. The average Bonchev–Trinajstić information content (AvgIpc) is 2.61. The van der Waals surface area contributed by atoms with E-state index >= 15 is 0 Å². The molecule has 1 amide bonds. The molecule has 1 atom stereocenters. The second kappa shape index (κ2) is 9.99. The molecule has 2 aromatic rings. The van der Waals surface area contributed by atoms with E-state index in [1.807, 2.05) is 18.2 Å². The van der Waals surface area contributed by atoms with Crippen molar-refractivity contribution < 1.29 is 14.3 Å². The quantitative estimate of drug-likeness (QED) is 0.692. The number of nitrogens with one attached hydrogen (secondary N) is 1. The van der Waals surface area contributed by atoms with Crippen LogP contribution < -0.4 is 14.8 Å². The third-order valence-electron chi connectivity index (χ3n) is 3.64. The van der Waals surface area contributed by atoms with Crippen LogP contribution in [0.2, 0.25) is 0 Å². The Hall–Kier alpha value is -2.14. The van der Waals surface area contributed by atoms with E-state index in [-0.39, 0.29) is 5.91 Å². The second-order valence-electron chi connectivity index (χ2n) is 5.74. The fourth-order valence-electron chi connectivity index (χ4n) is 2.34. The summed E-state index contributed by atoms with van der Waals surface area (Å²) in [5, 5.41) is 2.91. The van der Waals surface area contributed by atoms with E-state index in [2.05, 4.69) is 36.5 Å². The summed E-state index contributed by atoms with van der Waals surface area (Å²) in [4.78, 5) is 12.1. The lowest BCUT2D eigenvalue weighted by molar-refractivity contribution is -0.127. The van der Waals surface area contributed by atoms with Gasteiger partial charge in [0.15, 0.2) is 17.6 Å². The minimum atomic E-state index is -0.571. The first-order chi connectivity index (χ1) is 12.1. The first kappa shape index (κ1) is 19.2. The lowest BCUT2D eigenvalue weighted by atomic mass is 10.2. The van der Waals surface area contributed by atoms with Gasteiger partial charge in [-0.05, 0) is 31.5 Å². The topological polar surface area (TPSA) is 47.6 Å². The van der Waals surface area contributed by atoms with Crippen LogP contribution in [0.15, 0.2) is 48.5 Å². The summed E-state index contributed by atoms with van der Waals surface area (Å²) in [6.45, 7) is 4.45. The normalized spacial score (nSPS) is 11.6. The molecule has 0 fully saturated rings. The van der Waals surface area contributed by atoms with Gasteiger partial charge in [0, 0.05) is 18.1 Å². The molecule has 0 saturated heterocycles. The van der Waals surface area contributed by atoms with Gasteiger partial charge in [-0.3, -0.25) is 4.79 Å². The van der Waals surface area contributed by atoms with Crippen LogP contribution in [0.25, 0.3) is 0 Å². The molecule has 0 radical (unpaired) electrons. The van der Waals surface area contributed by atoms with Crippen LogP contribution in [0.4, 0.5) is 0 Å². The molecule has 25 heavy (non-hydrogen) atoms. The molecule has 0 aliphatic rings. The number of carbonyl (C=O) groups is 1. The molecule has 0 aromatic heterocycles. The number of amides is 1. The van der Waals surface area contributed by atoms with E-state index in [0.717, 1.165) is 11.5 Å². The van der Waals surface area contributed by atoms with E-state index < -0.39 is 6.10 Å². The maximum atomic E-state index is 12.1. The van der Waals surface area contributed by atoms with Gasteiger partial charge >= 0.3 is 0 Å². The number of para-hydroxylation sites is 2. The summed E-state index contributed by atoms with van der Waals surface area (Å²) < 4.78 is 10.9. The van der Waals surface area contributed by atoms with E-state index in [9.17, 15) is 4.79 Å². The lowest BCUT2D eigenvalue weighted by Gasteiger charge is -2.16. The molecule has 0 aliphatic heterocycles. The monoisotopic (exact) mass is 359 g/mol. The molecule has 0 saturated carbocycles. The van der Waals surface area contributed by atoms with Crippen molar-refractivity contribution in [1.82, 2.24) is 5.32 Å². The number of ether oxygens (including phenoxy) is 2. The van der Waals surface area contributed by atoms with Gasteiger partial charge < -0.3 is 14.8 Å². The van der Waals surface area contributed by atoms with E-state index in [0.29, 0.717) is 18.0 Å². The minimum absolute atomic E-state index is 0.123. The van der Waals surface area contributed by atoms with E-state index in [1.165, 1.54) is 11.1 Å². The number of aryl methyl sites for hydroxylation is 1. The Labute approximate surface area is 153 Å². The van der Waals surface area contributed by atoms with Gasteiger partial charge in [-0.25, -0.2) is 0 Å². The number of methoxy groups -OCH3 is 1. The second-order valence-corrected chi connectivity index (χ2v) is 6.85. The van der Waals surface area contributed by atoms with E-state index in [1.54, 1.807) is 31.9 Å². The Morgan fingerprint density at radius 3 is 2.64 bits per heavy atom. The summed E-state index contributed by atoms with van der Waals surface area (Å²) in [7, 11) is 1.58. The number of rotatable bonds is 9. The highest BCUT2D eigenvalue weighted by Crippen LogP contribution is 2.26. The third kappa shape index (κ3) is 6.35. The first-order valence-corrected chi connectivity index (χ1v) is 9.46. The van der Waals surface area contributed by atoms with Crippen LogP contribution in [-0.2, 0) is 10.5 Å². The standard InChI is InChI=1S/C20H25NO3S/c1-15-7-6-8-17(13-15)14-25-12-11-21-20(22)16(2)24-19-10-5-4-9-18(19)23-3/h4-10,13,16H,11-12,14H2,1-3H3,(H,21,22)/t16-/m0/s1. The van der Waals surface area contributed by atoms with Gasteiger partial charge in [0.05, 0.1) is 7.11 Å². The van der Waals surface area contributed by atoms with Crippen molar-refractivity contribution in [1.29, 1.82) is 0 Å². The predicted molar refractivity (Wildman–Crippen MR) is 103 cm³/mol. The van der Waals surface area contributed by atoms with Crippen LogP contribution in [0, 0.1) is 6.92 Å². The predicted octanol–water partition coefficient (Wildman–Crippen LogP) is 3.82. The molecule has 5 heteroatoms. The number of hydrogen-bond donors (Lipinski definition) is 1. The molecule has 0 spiro atoms. The Morgan fingerprint density at radius 1 is 1.16 bits per heavy atom. The van der Waals surface area contributed by atoms with Crippen molar-refractivity contribution in [2.75, 3.05) is 19.4 Å². The van der Waals surface area contributed by atoms with Crippen molar-refractivity contribution in [2.24, 2.45) is 0 Å². The van der Waals surface area contributed by atoms with Crippen molar-refractivity contribution in [3.8, 4) is 11.5 Å². The highest BCUT2D eigenvalue weighted by Gasteiger charge is 2.15. The van der Waals surface area contributed by atoms with Crippen molar-refractivity contribution in [3.63, 3.8) is 0 Å². The molecule has 2 rings (SSSR count). The van der Waals surface area contributed by atoms with Crippen LogP contribution in [0.1, 0.15) is 18.1 Å². The van der Waals surface area contributed by atoms with Crippen molar-refractivity contribution in [3.05, 3.63) is 59.7 Å². The highest BCUT2D eigenvalue weighted by molar-refractivity contribution is 7.98. The van der Waals surface area contributed by atoms with Crippen molar-refractivity contribution in [2.45, 2.75) is 25.7 Å². The molecule has 0 bridgehead atoms. The zero-order chi connectivity index (χ0) is 18.1. The van der Waals surface area contributed by atoms with Gasteiger partial charge in [-0.2, -0.15) is 11.8 Å². The van der Waals surface area contributed by atoms with Gasteiger partial charge in [0.25, 0.3) is 5.91 Å². The molecular formula is C20H25NO3S. The van der Waals surface area contributed by atoms with Crippen LogP contribution >= 0.6 is 11.8 Å². The fraction of sp³-hybridized carbons (Fsp3) is 0.350. The van der Waals surface area contributed by atoms with Crippen LogP contribution in [0.3, 0.4) is 0 Å². The minimum Gasteiger partial charge on any atom is -0.493 e. The number of carbonyl (C=O) groups excluding carboxylic acids is 1. The molecular weight excluding hydrogens is 334 g/mol. The smallest absolute Gasteiger partial charge is 0.260 e. The van der Waals surface area contributed by atoms with Gasteiger partial charge in [-0.1, -0.05) is 42.0 Å². The number of benzene rings is 2. The van der Waals surface area contributed by atoms with E-state index in [4.69, 9.17) is 9.47 Å². The van der Waals surface area contributed by atoms with Gasteiger partial charge in [-0.15, -0.1) is 0 Å². The lowest BCUT2D eigenvalue weighted by Crippen LogP contribution is -2.37. The average molecular weight is 359 g/mol. The Morgan fingerprint density at radius 2 is 1.92 bits per heavy atom. The SMILES string of the molecule is COc1ccccc1O[C@@H](C)C(=O)NCCSCc1cccc(C)c1. The zero-order valence-electron chi connectivity index (χ0n) is 15.0. The number of thioether (sulfide) groups is 1. The van der Waals surface area contributed by atoms with Crippen LogP contribution in [0.5, 0.6) is 11.5 Å². The first-order valence-electron chi connectivity index (χ1n) is 8.31. The van der Waals surface area contributed by atoms with Crippen molar-refractivity contribution >= 4 is 17.7 Å². The third-order valence-corrected chi connectivity index (χ3v) is 4.67. The molecule has 0 aliphatic carbocycles. The van der Waals surface area contributed by atoms with Gasteiger partial charge in [0.2, 0.25) is 0 Å². The summed E-state index contributed by atoms with van der Waals surface area (Å²) >= 11 is 1.80. The molecule has 1 N–H and O–H groups in total.